The van der Waals surface area contributed by atoms with E-state index in [1.165, 1.54) is 0 Å². The maximum absolute atomic E-state index is 11.8. The zero-order chi connectivity index (χ0) is 12.6. The highest BCUT2D eigenvalue weighted by molar-refractivity contribution is 5.78. The molecule has 2 heterocycles. The maximum Gasteiger partial charge on any atom is 0.225 e. The van der Waals surface area contributed by atoms with Crippen molar-refractivity contribution in [1.29, 1.82) is 0 Å². The molecule has 0 saturated carbocycles. The highest BCUT2D eigenvalue weighted by atomic mass is 16.2. The van der Waals surface area contributed by atoms with E-state index in [0.29, 0.717) is 5.41 Å². The Bertz CT molecular complexity index is 322. The van der Waals surface area contributed by atoms with Gasteiger partial charge in [0.15, 0.2) is 0 Å². The van der Waals surface area contributed by atoms with Gasteiger partial charge in [0.1, 0.15) is 0 Å². The average Bonchev–Trinajstić information content (AvgIpc) is 2.24. The number of hydrogen-bond donors (Lipinski definition) is 0. The Hall–Kier alpha value is -1.06. The van der Waals surface area contributed by atoms with Gasteiger partial charge in [0.25, 0.3) is 0 Å². The summed E-state index contributed by atoms with van der Waals surface area (Å²) in [4.78, 5) is 26.9. The molecule has 0 aromatic carbocycles. The standard InChI is InChI=1S/C13H22N2O2/c1-10(2)12(17)14-6-4-13(5-7-14)8-15(9-13)11(3)16/h10H,4-9H2,1-3H3. The van der Waals surface area contributed by atoms with E-state index in [-0.39, 0.29) is 17.7 Å². The molecule has 0 aromatic heterocycles. The molecule has 2 saturated heterocycles. The number of carbonyl (C=O) groups excluding carboxylic acids is 2. The SMILES string of the molecule is CC(=O)N1CC2(CCN(C(=O)C(C)C)CC2)C1. The van der Waals surface area contributed by atoms with Crippen LogP contribution in [0.3, 0.4) is 0 Å². The van der Waals surface area contributed by atoms with Crippen LogP contribution in [-0.4, -0.2) is 47.8 Å². The van der Waals surface area contributed by atoms with Crippen LogP contribution in [0.15, 0.2) is 0 Å². The molecule has 2 aliphatic heterocycles. The van der Waals surface area contributed by atoms with Gasteiger partial charge < -0.3 is 9.80 Å². The fourth-order valence-electron chi connectivity index (χ4n) is 2.87. The molecule has 0 radical (unpaired) electrons. The number of rotatable bonds is 1. The maximum atomic E-state index is 11.8. The summed E-state index contributed by atoms with van der Waals surface area (Å²) in [6, 6.07) is 0. The monoisotopic (exact) mass is 238 g/mol. The Morgan fingerprint density at radius 3 is 2.00 bits per heavy atom. The highest BCUT2D eigenvalue weighted by Gasteiger charge is 2.46. The van der Waals surface area contributed by atoms with E-state index in [1.54, 1.807) is 6.92 Å². The van der Waals surface area contributed by atoms with Gasteiger partial charge in [-0.15, -0.1) is 0 Å². The molecule has 0 atom stereocenters. The van der Waals surface area contributed by atoms with E-state index in [9.17, 15) is 9.59 Å². The third-order valence-corrected chi connectivity index (χ3v) is 4.13. The Morgan fingerprint density at radius 1 is 1.06 bits per heavy atom. The van der Waals surface area contributed by atoms with Crippen LogP contribution in [0.5, 0.6) is 0 Å². The lowest BCUT2D eigenvalue weighted by Crippen LogP contribution is -2.62. The van der Waals surface area contributed by atoms with E-state index >= 15 is 0 Å². The number of amides is 2. The van der Waals surface area contributed by atoms with Gasteiger partial charge in [-0.2, -0.15) is 0 Å². The van der Waals surface area contributed by atoms with Crippen molar-refractivity contribution in [2.45, 2.75) is 33.6 Å². The van der Waals surface area contributed by atoms with Crippen molar-refractivity contribution < 1.29 is 9.59 Å². The summed E-state index contributed by atoms with van der Waals surface area (Å²) in [5.74, 6) is 0.540. The molecule has 17 heavy (non-hydrogen) atoms. The first-order valence-corrected chi connectivity index (χ1v) is 6.48. The second kappa shape index (κ2) is 4.31. The van der Waals surface area contributed by atoms with E-state index in [0.717, 1.165) is 39.0 Å². The number of likely N-dealkylation sites (tertiary alicyclic amines) is 2. The molecule has 0 aliphatic carbocycles. The number of carbonyl (C=O) groups is 2. The van der Waals surface area contributed by atoms with E-state index < -0.39 is 0 Å². The van der Waals surface area contributed by atoms with E-state index in [2.05, 4.69) is 0 Å². The van der Waals surface area contributed by atoms with Crippen LogP contribution < -0.4 is 0 Å². The van der Waals surface area contributed by atoms with Gasteiger partial charge in [-0.1, -0.05) is 13.8 Å². The number of nitrogens with zero attached hydrogens (tertiary/aromatic N) is 2. The molecule has 1 spiro atoms. The summed E-state index contributed by atoms with van der Waals surface area (Å²) in [5, 5.41) is 0. The first-order chi connectivity index (χ1) is 7.93. The number of hydrogen-bond acceptors (Lipinski definition) is 2. The van der Waals surface area contributed by atoms with Crippen LogP contribution in [0.25, 0.3) is 0 Å². The fourth-order valence-corrected chi connectivity index (χ4v) is 2.87. The molecule has 0 bridgehead atoms. The van der Waals surface area contributed by atoms with Crippen LogP contribution in [0.4, 0.5) is 0 Å². The summed E-state index contributed by atoms with van der Waals surface area (Å²) < 4.78 is 0. The Kier molecular flexibility index (Phi) is 3.15. The van der Waals surface area contributed by atoms with Crippen molar-refractivity contribution in [3.63, 3.8) is 0 Å². The van der Waals surface area contributed by atoms with Crippen molar-refractivity contribution in [3.05, 3.63) is 0 Å². The zero-order valence-corrected chi connectivity index (χ0v) is 11.0. The highest BCUT2D eigenvalue weighted by Crippen LogP contribution is 2.40. The molecule has 2 rings (SSSR count). The van der Waals surface area contributed by atoms with E-state index in [4.69, 9.17) is 0 Å². The zero-order valence-electron chi connectivity index (χ0n) is 11.0. The molecule has 0 unspecified atom stereocenters. The minimum atomic E-state index is 0.0964. The average molecular weight is 238 g/mol. The summed E-state index contributed by atoms with van der Waals surface area (Å²) >= 11 is 0. The predicted molar refractivity (Wildman–Crippen MR) is 65.3 cm³/mol. The minimum absolute atomic E-state index is 0.0964. The lowest BCUT2D eigenvalue weighted by molar-refractivity contribution is -0.149. The summed E-state index contributed by atoms with van der Waals surface area (Å²) in [6.45, 7) is 9.05. The van der Waals surface area contributed by atoms with Crippen molar-refractivity contribution in [3.8, 4) is 0 Å². The fraction of sp³-hybridized carbons (Fsp3) is 0.846. The Labute approximate surface area is 103 Å². The second-order valence-electron chi connectivity index (χ2n) is 5.86. The molecule has 2 amide bonds. The summed E-state index contributed by atoms with van der Waals surface area (Å²) in [6.07, 6.45) is 2.10. The van der Waals surface area contributed by atoms with Crippen LogP contribution in [0.1, 0.15) is 33.6 Å². The molecular formula is C13H22N2O2. The smallest absolute Gasteiger partial charge is 0.225 e. The van der Waals surface area contributed by atoms with E-state index in [1.807, 2.05) is 23.6 Å². The number of piperidine rings is 1. The minimum Gasteiger partial charge on any atom is -0.342 e. The lowest BCUT2D eigenvalue weighted by Gasteiger charge is -2.53. The van der Waals surface area contributed by atoms with Crippen LogP contribution in [0, 0.1) is 11.3 Å². The summed E-state index contributed by atoms with van der Waals surface area (Å²) in [5.41, 5.74) is 0.319. The lowest BCUT2D eigenvalue weighted by atomic mass is 9.72. The summed E-state index contributed by atoms with van der Waals surface area (Å²) in [7, 11) is 0. The second-order valence-corrected chi connectivity index (χ2v) is 5.86. The third-order valence-electron chi connectivity index (χ3n) is 4.13. The molecule has 4 heteroatoms. The van der Waals surface area contributed by atoms with Crippen LogP contribution in [0.2, 0.25) is 0 Å². The molecular weight excluding hydrogens is 216 g/mol. The Balaban J connectivity index is 1.84. The van der Waals surface area contributed by atoms with Gasteiger partial charge in [-0.25, -0.2) is 0 Å². The van der Waals surface area contributed by atoms with Crippen molar-refractivity contribution >= 4 is 11.8 Å². The van der Waals surface area contributed by atoms with Gasteiger partial charge in [-0.05, 0) is 12.8 Å². The topological polar surface area (TPSA) is 40.6 Å². The molecule has 4 nitrogen and oxygen atoms in total. The van der Waals surface area contributed by atoms with Crippen molar-refractivity contribution in [2.75, 3.05) is 26.2 Å². The van der Waals surface area contributed by atoms with Gasteiger partial charge in [0, 0.05) is 44.4 Å². The van der Waals surface area contributed by atoms with Crippen molar-refractivity contribution in [1.82, 2.24) is 9.80 Å². The normalized spacial score (nSPS) is 22.8. The quantitative estimate of drug-likeness (QED) is 0.686. The third kappa shape index (κ3) is 2.31. The Morgan fingerprint density at radius 2 is 1.59 bits per heavy atom. The van der Waals surface area contributed by atoms with Gasteiger partial charge >= 0.3 is 0 Å². The largest absolute Gasteiger partial charge is 0.342 e. The molecule has 2 fully saturated rings. The molecule has 0 N–H and O–H groups in total. The van der Waals surface area contributed by atoms with Crippen LogP contribution >= 0.6 is 0 Å². The van der Waals surface area contributed by atoms with Crippen molar-refractivity contribution in [2.24, 2.45) is 11.3 Å². The van der Waals surface area contributed by atoms with Gasteiger partial charge in [-0.3, -0.25) is 9.59 Å². The van der Waals surface area contributed by atoms with Gasteiger partial charge in [0.2, 0.25) is 11.8 Å². The van der Waals surface area contributed by atoms with Crippen LogP contribution in [-0.2, 0) is 9.59 Å². The first-order valence-electron chi connectivity index (χ1n) is 6.48. The van der Waals surface area contributed by atoms with Gasteiger partial charge in [0.05, 0.1) is 0 Å². The molecule has 0 aromatic rings. The predicted octanol–water partition coefficient (Wildman–Crippen LogP) is 1.11. The molecule has 2 aliphatic rings. The molecule has 96 valence electrons. The first kappa shape index (κ1) is 12.4.